The number of aliphatic imine (C=N–C) groups is 1. The van der Waals surface area contributed by atoms with Gasteiger partial charge in [0, 0.05) is 25.6 Å². The number of carbonyl (C=O) groups is 1. The van der Waals surface area contributed by atoms with Crippen LogP contribution in [0.25, 0.3) is 0 Å². The van der Waals surface area contributed by atoms with Crippen molar-refractivity contribution in [1.82, 2.24) is 16.0 Å². The SMILES string of the molecule is CCNC(=NCc1ccc(OC2CCCCC2)cc1)NCCNC(=O)C1CC1.I. The van der Waals surface area contributed by atoms with Gasteiger partial charge < -0.3 is 20.7 Å². The molecule has 162 valence electrons. The van der Waals surface area contributed by atoms with Crippen LogP contribution in [-0.2, 0) is 11.3 Å². The van der Waals surface area contributed by atoms with Crippen LogP contribution in [0.15, 0.2) is 29.3 Å². The predicted molar refractivity (Wildman–Crippen MR) is 128 cm³/mol. The molecule has 0 aromatic heterocycles. The molecular weight excluding hydrogens is 479 g/mol. The highest BCUT2D eigenvalue weighted by Crippen LogP contribution is 2.28. The predicted octanol–water partition coefficient (Wildman–Crippen LogP) is 3.60. The quantitative estimate of drug-likeness (QED) is 0.204. The Morgan fingerprint density at radius 1 is 1.00 bits per heavy atom. The molecule has 0 saturated heterocycles. The molecule has 0 heterocycles. The molecule has 1 aromatic rings. The van der Waals surface area contributed by atoms with E-state index < -0.39 is 0 Å². The lowest BCUT2D eigenvalue weighted by Gasteiger charge is -2.23. The first-order valence-electron chi connectivity index (χ1n) is 10.8. The van der Waals surface area contributed by atoms with Gasteiger partial charge in [-0.1, -0.05) is 18.6 Å². The molecule has 1 amide bonds. The molecule has 3 rings (SSSR count). The van der Waals surface area contributed by atoms with Crippen molar-refractivity contribution in [3.8, 4) is 5.75 Å². The van der Waals surface area contributed by atoms with Gasteiger partial charge in [-0.05, 0) is 63.1 Å². The molecule has 1 aromatic carbocycles. The fraction of sp³-hybridized carbons (Fsp3) is 0.636. The van der Waals surface area contributed by atoms with Crippen LogP contribution in [0.1, 0.15) is 57.4 Å². The van der Waals surface area contributed by atoms with Crippen LogP contribution in [0, 0.1) is 5.92 Å². The van der Waals surface area contributed by atoms with E-state index in [0.29, 0.717) is 25.7 Å². The van der Waals surface area contributed by atoms with Gasteiger partial charge in [0.05, 0.1) is 12.6 Å². The minimum absolute atomic E-state index is 0. The van der Waals surface area contributed by atoms with Crippen molar-refractivity contribution >= 4 is 35.8 Å². The average molecular weight is 514 g/mol. The Bertz CT molecular complexity index is 641. The van der Waals surface area contributed by atoms with E-state index in [1.165, 1.54) is 32.1 Å². The molecule has 7 heteroatoms. The third kappa shape index (κ3) is 8.80. The normalized spacial score (nSPS) is 17.2. The van der Waals surface area contributed by atoms with E-state index in [9.17, 15) is 4.79 Å². The van der Waals surface area contributed by atoms with Crippen molar-refractivity contribution in [2.24, 2.45) is 10.9 Å². The summed E-state index contributed by atoms with van der Waals surface area (Å²) < 4.78 is 6.09. The van der Waals surface area contributed by atoms with E-state index in [-0.39, 0.29) is 35.8 Å². The fourth-order valence-corrected chi connectivity index (χ4v) is 3.42. The summed E-state index contributed by atoms with van der Waals surface area (Å²) in [6.07, 6.45) is 8.69. The third-order valence-corrected chi connectivity index (χ3v) is 5.21. The number of benzene rings is 1. The zero-order chi connectivity index (χ0) is 19.6. The molecule has 0 spiro atoms. The Hall–Kier alpha value is -1.51. The molecule has 29 heavy (non-hydrogen) atoms. The first-order valence-corrected chi connectivity index (χ1v) is 10.8. The fourth-order valence-electron chi connectivity index (χ4n) is 3.42. The molecule has 0 atom stereocenters. The van der Waals surface area contributed by atoms with Gasteiger partial charge in [-0.25, -0.2) is 4.99 Å². The van der Waals surface area contributed by atoms with Gasteiger partial charge in [0.1, 0.15) is 5.75 Å². The van der Waals surface area contributed by atoms with Crippen molar-refractivity contribution in [2.75, 3.05) is 19.6 Å². The Morgan fingerprint density at radius 3 is 2.34 bits per heavy atom. The number of rotatable bonds is 9. The standard InChI is InChI=1S/C22H34N4O2.HI/c1-2-23-22(25-15-14-24-21(27)18-10-11-18)26-16-17-8-12-20(13-9-17)28-19-6-4-3-5-7-19;/h8-9,12-13,18-19H,2-7,10-11,14-16H2,1H3,(H,24,27)(H2,23,25,26);1H. The molecule has 3 N–H and O–H groups in total. The lowest BCUT2D eigenvalue weighted by atomic mass is 9.98. The van der Waals surface area contributed by atoms with Crippen LogP contribution < -0.4 is 20.7 Å². The molecule has 2 saturated carbocycles. The maximum atomic E-state index is 11.6. The lowest BCUT2D eigenvalue weighted by Crippen LogP contribution is -2.41. The number of amides is 1. The summed E-state index contributed by atoms with van der Waals surface area (Å²) in [6, 6.07) is 8.27. The van der Waals surface area contributed by atoms with Crippen molar-refractivity contribution in [3.05, 3.63) is 29.8 Å². The van der Waals surface area contributed by atoms with Crippen molar-refractivity contribution < 1.29 is 9.53 Å². The Balaban J connectivity index is 0.00000300. The molecule has 0 aliphatic heterocycles. The van der Waals surface area contributed by atoms with Gasteiger partial charge in [-0.2, -0.15) is 0 Å². The highest BCUT2D eigenvalue weighted by Gasteiger charge is 2.28. The van der Waals surface area contributed by atoms with Crippen molar-refractivity contribution in [1.29, 1.82) is 0 Å². The molecule has 2 aliphatic carbocycles. The molecule has 2 aliphatic rings. The van der Waals surface area contributed by atoms with E-state index in [1.54, 1.807) is 0 Å². The van der Waals surface area contributed by atoms with Crippen LogP contribution in [0.4, 0.5) is 0 Å². The number of ether oxygens (including phenoxy) is 1. The summed E-state index contributed by atoms with van der Waals surface area (Å²) in [5.41, 5.74) is 1.15. The van der Waals surface area contributed by atoms with Crippen molar-refractivity contribution in [3.63, 3.8) is 0 Å². The largest absolute Gasteiger partial charge is 0.490 e. The zero-order valence-corrected chi connectivity index (χ0v) is 19.7. The highest BCUT2D eigenvalue weighted by molar-refractivity contribution is 14.0. The zero-order valence-electron chi connectivity index (χ0n) is 17.4. The smallest absolute Gasteiger partial charge is 0.223 e. The summed E-state index contributed by atoms with van der Waals surface area (Å²) in [7, 11) is 0. The number of nitrogens with zero attached hydrogens (tertiary/aromatic N) is 1. The minimum Gasteiger partial charge on any atom is -0.490 e. The number of halogens is 1. The maximum absolute atomic E-state index is 11.6. The second-order valence-electron chi connectivity index (χ2n) is 7.71. The van der Waals surface area contributed by atoms with E-state index in [1.807, 2.05) is 19.1 Å². The first-order chi connectivity index (χ1) is 13.7. The summed E-state index contributed by atoms with van der Waals surface area (Å²) >= 11 is 0. The second-order valence-corrected chi connectivity index (χ2v) is 7.71. The third-order valence-electron chi connectivity index (χ3n) is 5.21. The Kier molecular flexibility index (Phi) is 10.6. The van der Waals surface area contributed by atoms with Gasteiger partial charge in [0.15, 0.2) is 5.96 Å². The average Bonchev–Trinajstić information content (AvgIpc) is 3.56. The van der Waals surface area contributed by atoms with Gasteiger partial charge in [-0.3, -0.25) is 4.79 Å². The number of carbonyl (C=O) groups excluding carboxylic acids is 1. The topological polar surface area (TPSA) is 74.8 Å². The molecule has 0 bridgehead atoms. The monoisotopic (exact) mass is 514 g/mol. The Morgan fingerprint density at radius 2 is 1.69 bits per heavy atom. The molecule has 6 nitrogen and oxygen atoms in total. The number of guanidine groups is 1. The first kappa shape index (κ1) is 23.8. The molecule has 2 fully saturated rings. The molecular formula is C22H35IN4O2. The van der Waals surface area contributed by atoms with Gasteiger partial charge in [0.25, 0.3) is 0 Å². The van der Waals surface area contributed by atoms with E-state index in [4.69, 9.17) is 4.74 Å². The van der Waals surface area contributed by atoms with Crippen LogP contribution in [0.5, 0.6) is 5.75 Å². The number of nitrogens with one attached hydrogen (secondary N) is 3. The van der Waals surface area contributed by atoms with Crippen LogP contribution in [0.3, 0.4) is 0 Å². The maximum Gasteiger partial charge on any atom is 0.223 e. The summed E-state index contributed by atoms with van der Waals surface area (Å²) in [4.78, 5) is 16.3. The lowest BCUT2D eigenvalue weighted by molar-refractivity contribution is -0.122. The Labute approximate surface area is 191 Å². The molecule has 0 unspecified atom stereocenters. The van der Waals surface area contributed by atoms with Gasteiger partial charge >= 0.3 is 0 Å². The van der Waals surface area contributed by atoms with Crippen LogP contribution in [0.2, 0.25) is 0 Å². The van der Waals surface area contributed by atoms with E-state index >= 15 is 0 Å². The summed E-state index contributed by atoms with van der Waals surface area (Å²) in [5.74, 6) is 2.16. The highest BCUT2D eigenvalue weighted by atomic mass is 127. The number of hydrogen-bond acceptors (Lipinski definition) is 3. The summed E-state index contributed by atoms with van der Waals surface area (Å²) in [5, 5.41) is 9.47. The van der Waals surface area contributed by atoms with Crippen LogP contribution >= 0.6 is 24.0 Å². The molecule has 0 radical (unpaired) electrons. The van der Waals surface area contributed by atoms with E-state index in [2.05, 4.69) is 33.1 Å². The van der Waals surface area contributed by atoms with Gasteiger partial charge in [-0.15, -0.1) is 24.0 Å². The second kappa shape index (κ2) is 12.9. The number of hydrogen-bond donors (Lipinski definition) is 3. The van der Waals surface area contributed by atoms with Gasteiger partial charge in [0.2, 0.25) is 5.91 Å². The van der Waals surface area contributed by atoms with E-state index in [0.717, 1.165) is 36.7 Å². The minimum atomic E-state index is 0. The van der Waals surface area contributed by atoms with Crippen molar-refractivity contribution in [2.45, 2.75) is 64.5 Å². The summed E-state index contributed by atoms with van der Waals surface area (Å²) in [6.45, 7) is 4.73. The van der Waals surface area contributed by atoms with Crippen LogP contribution in [-0.4, -0.2) is 37.6 Å².